The standard InChI is InChI=1S/C16H18N6O7S/c1-3-4-29-13-10(22(26)27)5-9(6-11(13)28-2)7-17-19-12(23)8-30-15-14(24)18-16(25)21-20-15/h5-7H,3-4,8H2,1-2H3,(H,19,23)(H2,18,21,24,25)/b17-7+. The van der Waals surface area contributed by atoms with Crippen molar-refractivity contribution in [3.8, 4) is 11.5 Å². The fourth-order valence-electron chi connectivity index (χ4n) is 2.10. The summed E-state index contributed by atoms with van der Waals surface area (Å²) in [4.78, 5) is 47.0. The number of nitro groups is 1. The Labute approximate surface area is 173 Å². The highest BCUT2D eigenvalue weighted by Crippen LogP contribution is 2.38. The zero-order valence-corrected chi connectivity index (χ0v) is 16.8. The Kier molecular flexibility index (Phi) is 8.10. The number of nitrogens with one attached hydrogen (secondary N) is 3. The van der Waals surface area contributed by atoms with Gasteiger partial charge in [0, 0.05) is 11.6 Å². The van der Waals surface area contributed by atoms with E-state index in [1.807, 2.05) is 11.9 Å². The number of hydrazone groups is 1. The molecule has 160 valence electrons. The number of aromatic nitrogens is 3. The van der Waals surface area contributed by atoms with Gasteiger partial charge in [-0.05, 0) is 12.5 Å². The molecule has 1 aromatic carbocycles. The molecule has 1 amide bonds. The molecule has 0 aliphatic carbocycles. The van der Waals surface area contributed by atoms with Crippen LogP contribution in [0.25, 0.3) is 0 Å². The van der Waals surface area contributed by atoms with E-state index in [0.29, 0.717) is 12.0 Å². The summed E-state index contributed by atoms with van der Waals surface area (Å²) in [6, 6.07) is 2.72. The largest absolute Gasteiger partial charge is 0.493 e. The second-order valence-electron chi connectivity index (χ2n) is 5.57. The summed E-state index contributed by atoms with van der Waals surface area (Å²) < 4.78 is 10.6. The lowest BCUT2D eigenvalue weighted by molar-refractivity contribution is -0.386. The van der Waals surface area contributed by atoms with E-state index in [1.54, 1.807) is 0 Å². The Hall–Kier alpha value is -3.68. The molecule has 0 aliphatic rings. The van der Waals surface area contributed by atoms with Crippen LogP contribution >= 0.6 is 11.8 Å². The minimum atomic E-state index is -0.756. The van der Waals surface area contributed by atoms with Gasteiger partial charge in [0.25, 0.3) is 5.56 Å². The van der Waals surface area contributed by atoms with Gasteiger partial charge < -0.3 is 9.47 Å². The number of H-pyrrole nitrogens is 2. The van der Waals surface area contributed by atoms with Crippen LogP contribution in [0.4, 0.5) is 5.69 Å². The molecule has 0 atom stereocenters. The number of amides is 1. The van der Waals surface area contributed by atoms with Gasteiger partial charge in [0.05, 0.1) is 30.6 Å². The van der Waals surface area contributed by atoms with Gasteiger partial charge in [0.15, 0.2) is 10.8 Å². The van der Waals surface area contributed by atoms with E-state index in [1.165, 1.54) is 25.5 Å². The summed E-state index contributed by atoms with van der Waals surface area (Å²) in [5, 5.41) is 20.6. The molecule has 1 heterocycles. The average molecular weight is 438 g/mol. The summed E-state index contributed by atoms with van der Waals surface area (Å²) in [7, 11) is 1.35. The number of hydrogen-bond acceptors (Lipinski definition) is 10. The van der Waals surface area contributed by atoms with Crippen LogP contribution in [0.3, 0.4) is 0 Å². The van der Waals surface area contributed by atoms with Crippen molar-refractivity contribution in [3.63, 3.8) is 0 Å². The molecule has 3 N–H and O–H groups in total. The highest BCUT2D eigenvalue weighted by Gasteiger charge is 2.22. The van der Waals surface area contributed by atoms with Crippen molar-refractivity contribution in [2.75, 3.05) is 19.5 Å². The lowest BCUT2D eigenvalue weighted by Crippen LogP contribution is -2.26. The molecule has 0 aliphatic heterocycles. The van der Waals surface area contributed by atoms with Gasteiger partial charge in [-0.1, -0.05) is 18.7 Å². The van der Waals surface area contributed by atoms with Crippen LogP contribution in [0.5, 0.6) is 11.5 Å². The highest BCUT2D eigenvalue weighted by atomic mass is 32.2. The molecule has 0 bridgehead atoms. The van der Waals surface area contributed by atoms with Crippen LogP contribution in [-0.4, -0.2) is 51.7 Å². The van der Waals surface area contributed by atoms with Crippen LogP contribution in [0.2, 0.25) is 0 Å². The first-order valence-corrected chi connectivity index (χ1v) is 9.47. The second kappa shape index (κ2) is 10.8. The number of hydrogen-bond donors (Lipinski definition) is 3. The van der Waals surface area contributed by atoms with Crippen LogP contribution in [0.15, 0.2) is 31.8 Å². The number of rotatable bonds is 10. The molecule has 14 heteroatoms. The minimum absolute atomic E-state index is 0.0144. The Balaban J connectivity index is 2.06. The highest BCUT2D eigenvalue weighted by molar-refractivity contribution is 7.99. The smallest absolute Gasteiger partial charge is 0.342 e. The molecule has 0 radical (unpaired) electrons. The van der Waals surface area contributed by atoms with Gasteiger partial charge in [-0.25, -0.2) is 15.3 Å². The van der Waals surface area contributed by atoms with Crippen LogP contribution in [0.1, 0.15) is 18.9 Å². The number of methoxy groups -OCH3 is 1. The fourth-order valence-corrected chi connectivity index (χ4v) is 2.72. The average Bonchev–Trinajstić information content (AvgIpc) is 2.71. The fraction of sp³-hybridized carbons (Fsp3) is 0.312. The first-order valence-electron chi connectivity index (χ1n) is 8.48. The normalized spacial score (nSPS) is 10.7. The molecule has 1 aromatic heterocycles. The maximum atomic E-state index is 11.8. The van der Waals surface area contributed by atoms with Crippen LogP contribution < -0.4 is 26.1 Å². The minimum Gasteiger partial charge on any atom is -0.493 e. The van der Waals surface area contributed by atoms with Crippen LogP contribution in [-0.2, 0) is 4.79 Å². The zero-order valence-electron chi connectivity index (χ0n) is 16.0. The third-order valence-corrected chi connectivity index (χ3v) is 4.30. The Morgan fingerprint density at radius 3 is 2.83 bits per heavy atom. The molecule has 0 fully saturated rings. The third-order valence-electron chi connectivity index (χ3n) is 3.35. The van der Waals surface area contributed by atoms with E-state index in [4.69, 9.17) is 9.47 Å². The van der Waals surface area contributed by atoms with E-state index in [2.05, 4.69) is 20.7 Å². The van der Waals surface area contributed by atoms with Crippen molar-refractivity contribution in [3.05, 3.63) is 48.6 Å². The summed E-state index contributed by atoms with van der Waals surface area (Å²) in [5.41, 5.74) is 0.753. The van der Waals surface area contributed by atoms with Gasteiger partial charge in [0.1, 0.15) is 0 Å². The lowest BCUT2D eigenvalue weighted by atomic mass is 10.2. The number of aromatic amines is 2. The maximum Gasteiger partial charge on any atom is 0.342 e. The number of thioether (sulfide) groups is 1. The van der Waals surface area contributed by atoms with Gasteiger partial charge in [-0.3, -0.25) is 24.7 Å². The van der Waals surface area contributed by atoms with Gasteiger partial charge >= 0.3 is 11.4 Å². The molecule has 13 nitrogen and oxygen atoms in total. The number of nitrogens with zero attached hydrogens (tertiary/aromatic N) is 3. The monoisotopic (exact) mass is 438 g/mol. The van der Waals surface area contributed by atoms with Gasteiger partial charge in [0.2, 0.25) is 11.7 Å². The summed E-state index contributed by atoms with van der Waals surface area (Å²) in [6.07, 6.45) is 1.86. The first-order chi connectivity index (χ1) is 14.3. The summed E-state index contributed by atoms with van der Waals surface area (Å²) in [5.74, 6) is -0.592. The lowest BCUT2D eigenvalue weighted by Gasteiger charge is -2.11. The van der Waals surface area contributed by atoms with E-state index in [0.717, 1.165) is 11.8 Å². The topological polar surface area (TPSA) is 182 Å². The van der Waals surface area contributed by atoms with E-state index < -0.39 is 22.1 Å². The van der Waals surface area contributed by atoms with Crippen molar-refractivity contribution < 1.29 is 19.2 Å². The van der Waals surface area contributed by atoms with Crippen molar-refractivity contribution in [2.45, 2.75) is 18.4 Å². The molecule has 0 spiro atoms. The van der Waals surface area contributed by atoms with Crippen molar-refractivity contribution in [2.24, 2.45) is 5.10 Å². The van der Waals surface area contributed by atoms with E-state index in [9.17, 15) is 24.5 Å². The number of ether oxygens (including phenoxy) is 2. The Bertz CT molecular complexity index is 1060. The molecule has 0 saturated carbocycles. The number of carbonyl (C=O) groups excluding carboxylic acids is 1. The quantitative estimate of drug-likeness (QED) is 0.205. The van der Waals surface area contributed by atoms with Gasteiger partial charge in [-0.2, -0.15) is 10.2 Å². The molecule has 0 saturated heterocycles. The Morgan fingerprint density at radius 1 is 1.43 bits per heavy atom. The molecular formula is C16H18N6O7S. The third kappa shape index (κ3) is 6.16. The maximum absolute atomic E-state index is 11.8. The van der Waals surface area contributed by atoms with E-state index in [-0.39, 0.29) is 34.6 Å². The number of nitro benzene ring substituents is 1. The first kappa shape index (κ1) is 22.6. The number of benzene rings is 1. The number of carbonyl (C=O) groups is 1. The SMILES string of the molecule is CCCOc1c(OC)cc(/C=N/NC(=O)CSc2n[nH]c(=O)[nH]c2=O)cc1[N+](=O)[O-]. The van der Waals surface area contributed by atoms with Crippen molar-refractivity contribution >= 4 is 29.6 Å². The van der Waals surface area contributed by atoms with Gasteiger partial charge in [-0.15, -0.1) is 0 Å². The van der Waals surface area contributed by atoms with E-state index >= 15 is 0 Å². The molecule has 2 aromatic rings. The predicted molar refractivity (Wildman–Crippen MR) is 107 cm³/mol. The molecule has 30 heavy (non-hydrogen) atoms. The zero-order chi connectivity index (χ0) is 22.1. The van der Waals surface area contributed by atoms with Crippen molar-refractivity contribution in [1.82, 2.24) is 20.6 Å². The van der Waals surface area contributed by atoms with Crippen LogP contribution in [0, 0.1) is 10.1 Å². The molecule has 2 rings (SSSR count). The molecule has 0 unspecified atom stereocenters. The second-order valence-corrected chi connectivity index (χ2v) is 6.53. The summed E-state index contributed by atoms with van der Waals surface area (Å²) >= 11 is 0.795. The predicted octanol–water partition coefficient (Wildman–Crippen LogP) is 0.406. The Morgan fingerprint density at radius 2 is 2.20 bits per heavy atom. The van der Waals surface area contributed by atoms with Crippen molar-refractivity contribution in [1.29, 1.82) is 0 Å². The molecular weight excluding hydrogens is 420 g/mol. The summed E-state index contributed by atoms with van der Waals surface area (Å²) in [6.45, 7) is 2.15.